The molecule has 4 heteroatoms. The summed E-state index contributed by atoms with van der Waals surface area (Å²) < 4.78 is 11.6. The van der Waals surface area contributed by atoms with Crippen LogP contribution in [0.3, 0.4) is 0 Å². The average Bonchev–Trinajstić information content (AvgIpc) is 2.64. The molecule has 2 rings (SSSR count). The van der Waals surface area contributed by atoms with E-state index in [4.69, 9.17) is 15.2 Å². The van der Waals surface area contributed by atoms with Crippen LogP contribution in [0, 0.1) is 0 Å². The van der Waals surface area contributed by atoms with Crippen LogP contribution in [0.1, 0.15) is 24.8 Å². The molecule has 0 spiro atoms. The highest BCUT2D eigenvalue weighted by Gasteiger charge is 2.19. The number of hydrogen-bond donors (Lipinski definition) is 1. The lowest BCUT2D eigenvalue weighted by atomic mass is 10.1. The highest BCUT2D eigenvalue weighted by atomic mass is 16.5. The molecule has 1 fully saturated rings. The summed E-state index contributed by atoms with van der Waals surface area (Å²) >= 11 is 0. The van der Waals surface area contributed by atoms with Gasteiger partial charge in [-0.25, -0.2) is 0 Å². The van der Waals surface area contributed by atoms with E-state index in [1.807, 2.05) is 18.2 Å². The van der Waals surface area contributed by atoms with E-state index >= 15 is 0 Å². The van der Waals surface area contributed by atoms with Crippen LogP contribution >= 0.6 is 0 Å². The molecule has 0 saturated carbocycles. The number of likely N-dealkylation sites (tertiary alicyclic amines) is 1. The van der Waals surface area contributed by atoms with Crippen LogP contribution in [0.2, 0.25) is 0 Å². The monoisotopic (exact) mass is 264 g/mol. The molecule has 1 atom stereocenters. The summed E-state index contributed by atoms with van der Waals surface area (Å²) in [4.78, 5) is 2.36. The van der Waals surface area contributed by atoms with Crippen molar-refractivity contribution >= 4 is 0 Å². The Bertz CT molecular complexity index is 387. The molecule has 1 aromatic rings. The second-order valence-electron chi connectivity index (χ2n) is 5.13. The van der Waals surface area contributed by atoms with E-state index in [-0.39, 0.29) is 6.10 Å². The van der Waals surface area contributed by atoms with Gasteiger partial charge in [-0.2, -0.15) is 0 Å². The molecule has 1 aliphatic heterocycles. The molecule has 1 aromatic carbocycles. The van der Waals surface area contributed by atoms with Crippen molar-refractivity contribution in [1.29, 1.82) is 0 Å². The Labute approximate surface area is 115 Å². The van der Waals surface area contributed by atoms with Crippen molar-refractivity contribution in [3.8, 4) is 11.5 Å². The van der Waals surface area contributed by atoms with Crippen molar-refractivity contribution in [2.45, 2.75) is 31.9 Å². The summed E-state index contributed by atoms with van der Waals surface area (Å²) in [5.74, 6) is 1.60. The fourth-order valence-electron chi connectivity index (χ4n) is 2.51. The second-order valence-corrected chi connectivity index (χ2v) is 5.13. The third-order valence-electron chi connectivity index (χ3n) is 3.68. The minimum Gasteiger partial charge on any atom is -0.493 e. The van der Waals surface area contributed by atoms with Crippen LogP contribution < -0.4 is 15.2 Å². The highest BCUT2D eigenvalue weighted by molar-refractivity contribution is 5.46. The third-order valence-corrected chi connectivity index (χ3v) is 3.68. The first kappa shape index (κ1) is 14.2. The van der Waals surface area contributed by atoms with E-state index in [2.05, 4.69) is 11.9 Å². The van der Waals surface area contributed by atoms with Crippen LogP contribution in [0.15, 0.2) is 18.2 Å². The normalized spacial score (nSPS) is 20.9. The first-order valence-electron chi connectivity index (χ1n) is 6.95. The van der Waals surface area contributed by atoms with Crippen LogP contribution in [0.5, 0.6) is 11.5 Å². The Hall–Kier alpha value is -1.26. The van der Waals surface area contributed by atoms with Crippen LogP contribution in [-0.2, 0) is 6.54 Å². The second kappa shape index (κ2) is 6.78. The molecular weight excluding hydrogens is 240 g/mol. The van der Waals surface area contributed by atoms with Crippen LogP contribution in [-0.4, -0.2) is 38.3 Å². The molecule has 0 bridgehead atoms. The number of hydrogen-bond acceptors (Lipinski definition) is 4. The number of nitrogens with zero attached hydrogens (tertiary/aromatic N) is 1. The number of nitrogens with two attached hydrogens (primary N) is 1. The fourth-order valence-corrected chi connectivity index (χ4v) is 2.51. The molecule has 4 nitrogen and oxygen atoms in total. The number of para-hydroxylation sites is 1. The van der Waals surface area contributed by atoms with Crippen molar-refractivity contribution in [3.63, 3.8) is 0 Å². The highest BCUT2D eigenvalue weighted by Crippen LogP contribution is 2.33. The molecule has 1 heterocycles. The smallest absolute Gasteiger partial charge is 0.166 e. The van der Waals surface area contributed by atoms with Gasteiger partial charge in [-0.15, -0.1) is 0 Å². The number of ether oxygens (including phenoxy) is 2. The first-order chi connectivity index (χ1) is 9.24. The summed E-state index contributed by atoms with van der Waals surface area (Å²) in [6.07, 6.45) is 3.57. The van der Waals surface area contributed by atoms with E-state index in [1.54, 1.807) is 7.11 Å². The molecule has 1 aliphatic rings. The SMILES string of the molecule is COc1cccc(CN)c1OC1CCCN(C)CC1. The van der Waals surface area contributed by atoms with Crippen molar-refractivity contribution in [1.82, 2.24) is 4.90 Å². The average molecular weight is 264 g/mol. The minimum absolute atomic E-state index is 0.256. The van der Waals surface area contributed by atoms with Crippen molar-refractivity contribution in [2.75, 3.05) is 27.2 Å². The largest absolute Gasteiger partial charge is 0.493 e. The van der Waals surface area contributed by atoms with E-state index in [9.17, 15) is 0 Å². The maximum absolute atomic E-state index is 6.20. The molecular formula is C15H24N2O2. The predicted octanol–water partition coefficient (Wildman–Crippen LogP) is 2.02. The molecule has 0 aromatic heterocycles. The standard InChI is InChI=1S/C15H24N2O2/c1-17-9-4-6-13(8-10-17)19-15-12(11-16)5-3-7-14(15)18-2/h3,5,7,13H,4,6,8-11,16H2,1-2H3. The van der Waals surface area contributed by atoms with E-state index in [0.717, 1.165) is 43.0 Å². The van der Waals surface area contributed by atoms with Gasteiger partial charge in [-0.05, 0) is 38.9 Å². The molecule has 0 radical (unpaired) electrons. The van der Waals surface area contributed by atoms with Crippen LogP contribution in [0.4, 0.5) is 0 Å². The van der Waals surface area contributed by atoms with E-state index in [0.29, 0.717) is 6.54 Å². The Morgan fingerprint density at radius 2 is 2.16 bits per heavy atom. The zero-order chi connectivity index (χ0) is 13.7. The summed E-state index contributed by atoms with van der Waals surface area (Å²) in [5.41, 5.74) is 6.80. The van der Waals surface area contributed by atoms with Gasteiger partial charge >= 0.3 is 0 Å². The third kappa shape index (κ3) is 3.61. The Morgan fingerprint density at radius 3 is 2.89 bits per heavy atom. The van der Waals surface area contributed by atoms with Crippen LogP contribution in [0.25, 0.3) is 0 Å². The van der Waals surface area contributed by atoms with Gasteiger partial charge in [0.05, 0.1) is 7.11 Å². The van der Waals surface area contributed by atoms with Gasteiger partial charge in [-0.1, -0.05) is 12.1 Å². The lowest BCUT2D eigenvalue weighted by molar-refractivity contribution is 0.174. The number of methoxy groups -OCH3 is 1. The van der Waals surface area contributed by atoms with Gasteiger partial charge in [0, 0.05) is 18.7 Å². The topological polar surface area (TPSA) is 47.7 Å². The van der Waals surface area contributed by atoms with Crippen molar-refractivity contribution in [3.05, 3.63) is 23.8 Å². The summed E-state index contributed by atoms with van der Waals surface area (Å²) in [7, 11) is 3.83. The van der Waals surface area contributed by atoms with Crippen molar-refractivity contribution < 1.29 is 9.47 Å². The van der Waals surface area contributed by atoms with Gasteiger partial charge in [0.1, 0.15) is 6.10 Å². The lowest BCUT2D eigenvalue weighted by Gasteiger charge is -2.21. The first-order valence-corrected chi connectivity index (χ1v) is 6.95. The summed E-state index contributed by atoms with van der Waals surface area (Å²) in [6.45, 7) is 2.70. The summed E-state index contributed by atoms with van der Waals surface area (Å²) in [6, 6.07) is 5.88. The molecule has 1 saturated heterocycles. The molecule has 0 aliphatic carbocycles. The molecule has 1 unspecified atom stereocenters. The maximum atomic E-state index is 6.20. The molecule has 0 amide bonds. The predicted molar refractivity (Wildman–Crippen MR) is 76.6 cm³/mol. The van der Waals surface area contributed by atoms with Gasteiger partial charge < -0.3 is 20.1 Å². The minimum atomic E-state index is 0.256. The van der Waals surface area contributed by atoms with E-state index < -0.39 is 0 Å². The summed E-state index contributed by atoms with van der Waals surface area (Å²) in [5, 5.41) is 0. The Balaban J connectivity index is 2.13. The van der Waals surface area contributed by atoms with Gasteiger partial charge in [0.25, 0.3) is 0 Å². The Morgan fingerprint density at radius 1 is 1.32 bits per heavy atom. The maximum Gasteiger partial charge on any atom is 0.166 e. The van der Waals surface area contributed by atoms with Gasteiger partial charge in [-0.3, -0.25) is 0 Å². The lowest BCUT2D eigenvalue weighted by Crippen LogP contribution is -2.22. The molecule has 19 heavy (non-hydrogen) atoms. The zero-order valence-electron chi connectivity index (χ0n) is 11.9. The Kier molecular flexibility index (Phi) is 5.05. The quantitative estimate of drug-likeness (QED) is 0.904. The number of rotatable bonds is 4. The van der Waals surface area contributed by atoms with Gasteiger partial charge in [0.2, 0.25) is 0 Å². The fraction of sp³-hybridized carbons (Fsp3) is 0.600. The zero-order valence-corrected chi connectivity index (χ0v) is 11.9. The number of benzene rings is 1. The van der Waals surface area contributed by atoms with Gasteiger partial charge in [0.15, 0.2) is 11.5 Å². The van der Waals surface area contributed by atoms with E-state index in [1.165, 1.54) is 6.42 Å². The molecule has 106 valence electrons. The molecule has 2 N–H and O–H groups in total. The van der Waals surface area contributed by atoms with Crippen molar-refractivity contribution in [2.24, 2.45) is 5.73 Å².